The van der Waals surface area contributed by atoms with E-state index in [1.165, 1.54) is 0 Å². The predicted octanol–water partition coefficient (Wildman–Crippen LogP) is 0.450. The Labute approximate surface area is 77.1 Å². The topological polar surface area (TPSA) is 81.5 Å². The molecule has 0 heterocycles. The first-order valence-electron chi connectivity index (χ1n) is 4.09. The van der Waals surface area contributed by atoms with Crippen LogP contribution in [0.1, 0.15) is 5.56 Å². The number of rotatable bonds is 4. The van der Waals surface area contributed by atoms with Gasteiger partial charge >= 0.3 is 0 Å². The molecule has 0 aliphatic carbocycles. The largest absolute Gasteiger partial charge is 0.506 e. The zero-order valence-electron chi connectivity index (χ0n) is 7.36. The van der Waals surface area contributed by atoms with Crippen molar-refractivity contribution in [3.63, 3.8) is 0 Å². The molecule has 0 saturated carbocycles. The summed E-state index contributed by atoms with van der Waals surface area (Å²) in [6, 6.07) is 5.05. The number of phenols is 1. The molecule has 1 rings (SSSR count). The van der Waals surface area contributed by atoms with Crippen molar-refractivity contribution in [3.8, 4) is 5.75 Å². The van der Waals surface area contributed by atoms with Gasteiger partial charge in [-0.25, -0.2) is 0 Å². The molecular weight excluding hydrogens is 168 g/mol. The van der Waals surface area contributed by atoms with Crippen molar-refractivity contribution in [1.82, 2.24) is 0 Å². The third-order valence-electron chi connectivity index (χ3n) is 1.63. The van der Waals surface area contributed by atoms with Crippen LogP contribution in [-0.2, 0) is 11.3 Å². The Hall–Kier alpha value is -1.26. The van der Waals surface area contributed by atoms with Crippen molar-refractivity contribution in [2.45, 2.75) is 6.61 Å². The molecule has 4 heteroatoms. The second-order valence-electron chi connectivity index (χ2n) is 2.73. The second-order valence-corrected chi connectivity index (χ2v) is 2.73. The molecule has 0 aromatic heterocycles. The van der Waals surface area contributed by atoms with Crippen LogP contribution in [0.25, 0.3) is 0 Å². The van der Waals surface area contributed by atoms with Crippen molar-refractivity contribution in [1.29, 1.82) is 0 Å². The lowest BCUT2D eigenvalue weighted by Gasteiger charge is -2.04. The Kier molecular flexibility index (Phi) is 3.54. The van der Waals surface area contributed by atoms with Crippen LogP contribution >= 0.6 is 0 Å². The zero-order valence-corrected chi connectivity index (χ0v) is 7.36. The van der Waals surface area contributed by atoms with Gasteiger partial charge in [0.05, 0.1) is 18.9 Å². The Morgan fingerprint density at radius 2 is 2.15 bits per heavy atom. The van der Waals surface area contributed by atoms with E-state index in [9.17, 15) is 5.11 Å². The molecule has 0 bridgehead atoms. The van der Waals surface area contributed by atoms with E-state index in [4.69, 9.17) is 16.2 Å². The molecule has 72 valence electrons. The summed E-state index contributed by atoms with van der Waals surface area (Å²) < 4.78 is 5.19. The quantitative estimate of drug-likeness (QED) is 0.359. The minimum atomic E-state index is 0.0915. The Morgan fingerprint density at radius 1 is 1.38 bits per heavy atom. The van der Waals surface area contributed by atoms with E-state index < -0.39 is 0 Å². The molecule has 0 amide bonds. The molecule has 0 atom stereocenters. The van der Waals surface area contributed by atoms with Gasteiger partial charge in [0.1, 0.15) is 5.75 Å². The first-order valence-corrected chi connectivity index (χ1v) is 4.09. The highest BCUT2D eigenvalue weighted by Crippen LogP contribution is 2.20. The van der Waals surface area contributed by atoms with Gasteiger partial charge in [-0.2, -0.15) is 0 Å². The highest BCUT2D eigenvalue weighted by Gasteiger charge is 1.98. The van der Waals surface area contributed by atoms with E-state index in [0.29, 0.717) is 25.4 Å². The zero-order chi connectivity index (χ0) is 9.68. The molecule has 0 radical (unpaired) electrons. The van der Waals surface area contributed by atoms with Crippen LogP contribution in [0.15, 0.2) is 18.2 Å². The molecule has 5 N–H and O–H groups in total. The lowest BCUT2D eigenvalue weighted by Crippen LogP contribution is -2.08. The number of nitrogens with two attached hydrogens (primary N) is 2. The number of anilines is 1. The summed E-state index contributed by atoms with van der Waals surface area (Å²) in [6.07, 6.45) is 0. The molecule has 13 heavy (non-hydrogen) atoms. The summed E-state index contributed by atoms with van der Waals surface area (Å²) >= 11 is 0. The number of hydrogen-bond acceptors (Lipinski definition) is 4. The number of benzene rings is 1. The summed E-state index contributed by atoms with van der Waals surface area (Å²) in [4.78, 5) is 0. The molecule has 0 aliphatic rings. The van der Waals surface area contributed by atoms with Gasteiger partial charge < -0.3 is 21.3 Å². The van der Waals surface area contributed by atoms with Gasteiger partial charge in [0, 0.05) is 6.54 Å². The van der Waals surface area contributed by atoms with Gasteiger partial charge in [0.25, 0.3) is 0 Å². The molecule has 1 aromatic carbocycles. The Balaban J connectivity index is 2.53. The van der Waals surface area contributed by atoms with Crippen LogP contribution in [0.2, 0.25) is 0 Å². The highest BCUT2D eigenvalue weighted by atomic mass is 16.5. The summed E-state index contributed by atoms with van der Waals surface area (Å²) in [5, 5.41) is 9.25. The van der Waals surface area contributed by atoms with E-state index in [2.05, 4.69) is 0 Å². The third kappa shape index (κ3) is 2.93. The van der Waals surface area contributed by atoms with Crippen LogP contribution in [0.4, 0.5) is 5.69 Å². The first-order chi connectivity index (χ1) is 6.24. The first kappa shape index (κ1) is 9.83. The molecular formula is C9H14N2O2. The van der Waals surface area contributed by atoms with Crippen molar-refractivity contribution < 1.29 is 9.84 Å². The van der Waals surface area contributed by atoms with Crippen molar-refractivity contribution in [2.24, 2.45) is 5.73 Å². The van der Waals surface area contributed by atoms with Crippen LogP contribution in [0, 0.1) is 0 Å². The normalized spacial score (nSPS) is 10.2. The monoisotopic (exact) mass is 182 g/mol. The minimum absolute atomic E-state index is 0.0915. The van der Waals surface area contributed by atoms with Crippen LogP contribution in [0.3, 0.4) is 0 Å². The van der Waals surface area contributed by atoms with Gasteiger partial charge in [0.15, 0.2) is 0 Å². The van der Waals surface area contributed by atoms with Gasteiger partial charge in [-0.15, -0.1) is 0 Å². The molecule has 0 spiro atoms. The summed E-state index contributed by atoms with van der Waals surface area (Å²) in [5.74, 6) is 0.0915. The third-order valence-corrected chi connectivity index (χ3v) is 1.63. The Bertz CT molecular complexity index is 276. The van der Waals surface area contributed by atoms with E-state index in [0.717, 1.165) is 5.56 Å². The van der Waals surface area contributed by atoms with Crippen molar-refractivity contribution in [3.05, 3.63) is 23.8 Å². The van der Waals surface area contributed by atoms with E-state index >= 15 is 0 Å². The number of aromatic hydroxyl groups is 1. The Morgan fingerprint density at radius 3 is 2.77 bits per heavy atom. The minimum Gasteiger partial charge on any atom is -0.506 e. The lowest BCUT2D eigenvalue weighted by molar-refractivity contribution is 0.128. The maximum absolute atomic E-state index is 9.25. The van der Waals surface area contributed by atoms with Gasteiger partial charge in [-0.05, 0) is 17.7 Å². The van der Waals surface area contributed by atoms with E-state index in [1.54, 1.807) is 12.1 Å². The molecule has 1 aromatic rings. The van der Waals surface area contributed by atoms with Crippen molar-refractivity contribution >= 4 is 5.69 Å². The van der Waals surface area contributed by atoms with Gasteiger partial charge in [0.2, 0.25) is 0 Å². The maximum atomic E-state index is 9.25. The van der Waals surface area contributed by atoms with Crippen LogP contribution < -0.4 is 11.5 Å². The summed E-state index contributed by atoms with van der Waals surface area (Å²) in [5.41, 5.74) is 12.0. The number of nitrogen functional groups attached to an aromatic ring is 1. The molecule has 0 unspecified atom stereocenters. The summed E-state index contributed by atoms with van der Waals surface area (Å²) in [7, 11) is 0. The predicted molar refractivity (Wildman–Crippen MR) is 51.2 cm³/mol. The average molecular weight is 182 g/mol. The molecule has 0 aliphatic heterocycles. The summed E-state index contributed by atoms with van der Waals surface area (Å²) in [6.45, 7) is 1.47. The second kappa shape index (κ2) is 4.69. The fourth-order valence-corrected chi connectivity index (χ4v) is 0.952. The maximum Gasteiger partial charge on any atom is 0.138 e. The number of ether oxygens (including phenoxy) is 1. The average Bonchev–Trinajstić information content (AvgIpc) is 2.12. The van der Waals surface area contributed by atoms with Gasteiger partial charge in [-0.1, -0.05) is 6.07 Å². The number of phenolic OH excluding ortho intramolecular Hbond substituents is 1. The number of hydrogen-bond donors (Lipinski definition) is 3. The lowest BCUT2D eigenvalue weighted by atomic mass is 10.2. The molecule has 4 nitrogen and oxygen atoms in total. The van der Waals surface area contributed by atoms with E-state index in [1.807, 2.05) is 6.07 Å². The smallest absolute Gasteiger partial charge is 0.138 e. The fourth-order valence-electron chi connectivity index (χ4n) is 0.952. The SMILES string of the molecule is NCCOCc1ccc(N)c(O)c1. The van der Waals surface area contributed by atoms with E-state index in [-0.39, 0.29) is 5.75 Å². The fraction of sp³-hybridized carbons (Fsp3) is 0.333. The van der Waals surface area contributed by atoms with Gasteiger partial charge in [-0.3, -0.25) is 0 Å². The van der Waals surface area contributed by atoms with Crippen LogP contribution in [-0.4, -0.2) is 18.3 Å². The molecule has 0 fully saturated rings. The molecule has 0 saturated heterocycles. The highest BCUT2D eigenvalue weighted by molar-refractivity contribution is 5.52. The standard InChI is InChI=1S/C9H14N2O2/c10-3-4-13-6-7-1-2-8(11)9(12)5-7/h1-2,5,12H,3-4,6,10-11H2. The van der Waals surface area contributed by atoms with Crippen molar-refractivity contribution in [2.75, 3.05) is 18.9 Å². The van der Waals surface area contributed by atoms with Crippen LogP contribution in [0.5, 0.6) is 5.75 Å².